The van der Waals surface area contributed by atoms with Gasteiger partial charge in [-0.2, -0.15) is 0 Å². The van der Waals surface area contributed by atoms with Crippen LogP contribution >= 0.6 is 0 Å². The van der Waals surface area contributed by atoms with E-state index in [1.54, 1.807) is 12.1 Å². The molecule has 0 fully saturated rings. The molecule has 0 aliphatic carbocycles. The maximum Gasteiger partial charge on any atom is 0.256 e. The molecule has 0 atom stereocenters. The zero-order valence-electron chi connectivity index (χ0n) is 13.9. The van der Waals surface area contributed by atoms with Crippen LogP contribution in [0.1, 0.15) is 16.8 Å². The Bertz CT molecular complexity index is 972. The second kappa shape index (κ2) is 6.57. The molecule has 1 aromatic carbocycles. The van der Waals surface area contributed by atoms with Crippen LogP contribution in [-0.2, 0) is 29.3 Å². The molecule has 9 heteroatoms. The van der Waals surface area contributed by atoms with E-state index in [-0.39, 0.29) is 17.5 Å². The van der Waals surface area contributed by atoms with Crippen LogP contribution in [-0.4, -0.2) is 43.2 Å². The van der Waals surface area contributed by atoms with Crippen LogP contribution in [0.3, 0.4) is 0 Å². The molecule has 2 heterocycles. The van der Waals surface area contributed by atoms with Crippen LogP contribution in [0, 0.1) is 5.82 Å². The van der Waals surface area contributed by atoms with Gasteiger partial charge in [-0.25, -0.2) is 17.8 Å². The average Bonchev–Trinajstić information content (AvgIpc) is 2.56. The summed E-state index contributed by atoms with van der Waals surface area (Å²) in [6.45, 7) is 1.14. The monoisotopic (exact) mass is 367 g/mol. The number of fused-ring (bicyclic) bond motifs is 1. The number of benzene rings is 1. The Morgan fingerprint density at radius 2 is 2.16 bits per heavy atom. The molecule has 0 amide bonds. The Morgan fingerprint density at radius 3 is 2.84 bits per heavy atom. The van der Waals surface area contributed by atoms with E-state index in [0.717, 1.165) is 6.26 Å². The van der Waals surface area contributed by atoms with Crippen molar-refractivity contribution < 1.29 is 17.5 Å². The highest BCUT2D eigenvalue weighted by molar-refractivity contribution is 7.90. The van der Waals surface area contributed by atoms with Crippen molar-refractivity contribution in [3.05, 3.63) is 51.2 Å². The van der Waals surface area contributed by atoms with Crippen LogP contribution in [0.2, 0.25) is 0 Å². The van der Waals surface area contributed by atoms with Gasteiger partial charge in [-0.3, -0.25) is 14.7 Å². The van der Waals surface area contributed by atoms with Crippen LogP contribution < -0.4 is 10.3 Å². The summed E-state index contributed by atoms with van der Waals surface area (Å²) in [6.07, 6.45) is 1.42. The minimum Gasteiger partial charge on any atom is -0.497 e. The summed E-state index contributed by atoms with van der Waals surface area (Å²) >= 11 is 0. The van der Waals surface area contributed by atoms with Gasteiger partial charge in [0.1, 0.15) is 11.6 Å². The topological polar surface area (TPSA) is 92.4 Å². The number of nitrogens with zero attached hydrogens (tertiary/aromatic N) is 2. The fourth-order valence-corrected chi connectivity index (χ4v) is 3.36. The van der Waals surface area contributed by atoms with E-state index < -0.39 is 15.4 Å². The third-order valence-corrected chi connectivity index (χ3v) is 5.02. The van der Waals surface area contributed by atoms with Gasteiger partial charge in [-0.15, -0.1) is 0 Å². The molecule has 3 rings (SSSR count). The molecule has 0 saturated heterocycles. The standard InChI is InChI=1S/C16H18FN3O4S/c1-24-11-3-4-13(17)10(7-11)8-20-6-5-14-12(9-20)15(21)19-16(18-14)25(2,22)23/h3-4,7H,5-6,8-9H2,1-2H3,(H,18,19,21). The molecule has 0 spiro atoms. The Hall–Kier alpha value is -2.26. The van der Waals surface area contributed by atoms with E-state index >= 15 is 0 Å². The van der Waals surface area contributed by atoms with Gasteiger partial charge < -0.3 is 4.74 Å². The number of rotatable bonds is 4. The molecule has 7 nitrogen and oxygen atoms in total. The first-order valence-corrected chi connectivity index (χ1v) is 9.54. The average molecular weight is 367 g/mol. The van der Waals surface area contributed by atoms with Gasteiger partial charge in [-0.1, -0.05) is 0 Å². The first-order chi connectivity index (χ1) is 11.8. The minimum atomic E-state index is -3.58. The van der Waals surface area contributed by atoms with Crippen molar-refractivity contribution in [2.75, 3.05) is 19.9 Å². The second-order valence-corrected chi connectivity index (χ2v) is 7.92. The summed E-state index contributed by atoms with van der Waals surface area (Å²) in [6, 6.07) is 4.52. The van der Waals surface area contributed by atoms with Gasteiger partial charge in [0, 0.05) is 37.9 Å². The van der Waals surface area contributed by atoms with Crippen molar-refractivity contribution in [1.29, 1.82) is 0 Å². The zero-order valence-corrected chi connectivity index (χ0v) is 14.7. The Kier molecular flexibility index (Phi) is 4.61. The molecule has 134 valence electrons. The summed E-state index contributed by atoms with van der Waals surface area (Å²) < 4.78 is 42.3. The van der Waals surface area contributed by atoms with Crippen molar-refractivity contribution in [3.63, 3.8) is 0 Å². The van der Waals surface area contributed by atoms with Gasteiger partial charge in [0.15, 0.2) is 0 Å². The molecular formula is C16H18FN3O4S. The van der Waals surface area contributed by atoms with E-state index in [2.05, 4.69) is 9.97 Å². The molecular weight excluding hydrogens is 349 g/mol. The van der Waals surface area contributed by atoms with Crippen molar-refractivity contribution >= 4 is 9.84 Å². The summed E-state index contributed by atoms with van der Waals surface area (Å²) in [5.74, 6) is 0.220. The highest BCUT2D eigenvalue weighted by atomic mass is 32.2. The van der Waals surface area contributed by atoms with Crippen molar-refractivity contribution in [1.82, 2.24) is 14.9 Å². The fraction of sp³-hybridized carbons (Fsp3) is 0.375. The quantitative estimate of drug-likeness (QED) is 0.807. The maximum atomic E-state index is 14.0. The van der Waals surface area contributed by atoms with Gasteiger partial charge in [0.2, 0.25) is 15.0 Å². The molecule has 1 aromatic heterocycles. The van der Waals surface area contributed by atoms with E-state index in [9.17, 15) is 17.6 Å². The summed E-state index contributed by atoms with van der Waals surface area (Å²) in [4.78, 5) is 20.5. The lowest BCUT2D eigenvalue weighted by atomic mass is 10.1. The lowest BCUT2D eigenvalue weighted by molar-refractivity contribution is 0.237. The molecule has 0 unspecified atom stereocenters. The number of halogens is 1. The Labute approximate surface area is 144 Å². The molecule has 2 aromatic rings. The first kappa shape index (κ1) is 17.6. The molecule has 0 saturated carbocycles. The molecule has 1 N–H and O–H groups in total. The summed E-state index contributed by atoms with van der Waals surface area (Å²) in [5, 5.41) is -0.316. The fourth-order valence-electron chi connectivity index (χ4n) is 2.81. The van der Waals surface area contributed by atoms with Crippen LogP contribution in [0.25, 0.3) is 0 Å². The molecule has 1 aliphatic rings. The number of hydrogen-bond donors (Lipinski definition) is 1. The number of nitrogens with one attached hydrogen (secondary N) is 1. The minimum absolute atomic E-state index is 0.276. The Morgan fingerprint density at radius 1 is 1.40 bits per heavy atom. The summed E-state index contributed by atoms with van der Waals surface area (Å²) in [5.41, 5.74) is 0.898. The van der Waals surface area contributed by atoms with Crippen LogP contribution in [0.5, 0.6) is 5.75 Å². The second-order valence-electron chi connectivity index (χ2n) is 5.99. The molecule has 0 radical (unpaired) electrons. The maximum absolute atomic E-state index is 14.0. The highest BCUT2D eigenvalue weighted by Gasteiger charge is 2.24. The van der Waals surface area contributed by atoms with Crippen LogP contribution in [0.15, 0.2) is 28.2 Å². The smallest absolute Gasteiger partial charge is 0.256 e. The lowest BCUT2D eigenvalue weighted by Crippen LogP contribution is -2.36. The number of aromatic nitrogens is 2. The highest BCUT2D eigenvalue weighted by Crippen LogP contribution is 2.21. The molecule has 25 heavy (non-hydrogen) atoms. The zero-order chi connectivity index (χ0) is 18.2. The molecule has 1 aliphatic heterocycles. The van der Waals surface area contributed by atoms with E-state index in [4.69, 9.17) is 4.74 Å². The first-order valence-electron chi connectivity index (χ1n) is 7.65. The van der Waals surface area contributed by atoms with E-state index in [0.29, 0.717) is 42.1 Å². The number of sulfone groups is 1. The third kappa shape index (κ3) is 3.72. The predicted molar refractivity (Wildman–Crippen MR) is 88.7 cm³/mol. The van der Waals surface area contributed by atoms with Crippen molar-refractivity contribution in [3.8, 4) is 5.75 Å². The number of ether oxygens (including phenoxy) is 1. The molecule has 0 bridgehead atoms. The van der Waals surface area contributed by atoms with Crippen molar-refractivity contribution in [2.45, 2.75) is 24.7 Å². The number of hydrogen-bond acceptors (Lipinski definition) is 6. The Balaban J connectivity index is 1.86. The largest absolute Gasteiger partial charge is 0.497 e. The van der Waals surface area contributed by atoms with Crippen LogP contribution in [0.4, 0.5) is 4.39 Å². The number of H-pyrrole nitrogens is 1. The van der Waals surface area contributed by atoms with Gasteiger partial charge in [-0.05, 0) is 18.2 Å². The van der Waals surface area contributed by atoms with Gasteiger partial charge >= 0.3 is 0 Å². The summed E-state index contributed by atoms with van der Waals surface area (Å²) in [7, 11) is -2.07. The third-order valence-electron chi connectivity index (χ3n) is 4.12. The van der Waals surface area contributed by atoms with E-state index in [1.807, 2.05) is 4.90 Å². The van der Waals surface area contributed by atoms with Gasteiger partial charge in [0.05, 0.1) is 18.4 Å². The van der Waals surface area contributed by atoms with E-state index in [1.165, 1.54) is 13.2 Å². The normalized spacial score (nSPS) is 15.0. The lowest BCUT2D eigenvalue weighted by Gasteiger charge is -2.27. The van der Waals surface area contributed by atoms with Gasteiger partial charge in [0.25, 0.3) is 5.56 Å². The van der Waals surface area contributed by atoms with Crippen molar-refractivity contribution in [2.24, 2.45) is 0 Å². The number of aromatic amines is 1. The number of methoxy groups -OCH3 is 1. The SMILES string of the molecule is COc1ccc(F)c(CN2CCc3nc(S(C)(=O)=O)[nH]c(=O)c3C2)c1. The predicted octanol–water partition coefficient (Wildman–Crippen LogP) is 0.879.